The Morgan fingerprint density at radius 3 is 2.22 bits per heavy atom. The third-order valence-corrected chi connectivity index (χ3v) is 2.51. The molecule has 0 aliphatic carbocycles. The lowest BCUT2D eigenvalue weighted by Gasteiger charge is -2.07. The van der Waals surface area contributed by atoms with Crippen LogP contribution < -0.4 is 5.32 Å². The molecule has 0 unspecified atom stereocenters. The molecule has 0 atom stereocenters. The van der Waals surface area contributed by atoms with E-state index in [2.05, 4.69) is 4.18 Å². The van der Waals surface area contributed by atoms with Crippen molar-refractivity contribution in [3.63, 3.8) is 0 Å². The number of rotatable bonds is 8. The van der Waals surface area contributed by atoms with Crippen molar-refractivity contribution >= 4 is 16.0 Å². The Labute approximate surface area is 104 Å². The van der Waals surface area contributed by atoms with E-state index in [4.69, 9.17) is 0 Å². The lowest BCUT2D eigenvalue weighted by atomic mass is 10.2. The van der Waals surface area contributed by atoms with Gasteiger partial charge in [0.05, 0.1) is 12.9 Å². The monoisotopic (exact) mass is 291 g/mol. The minimum atomic E-state index is -4.84. The fourth-order valence-electron chi connectivity index (χ4n) is 1.09. The van der Waals surface area contributed by atoms with Crippen molar-refractivity contribution in [2.24, 2.45) is 0 Å². The maximum absolute atomic E-state index is 11.8. The molecule has 0 saturated carbocycles. The number of alkyl halides is 3. The molecule has 0 aromatic heterocycles. The Morgan fingerprint density at radius 2 is 1.72 bits per heavy atom. The average Bonchev–Trinajstić information content (AvgIpc) is 2.18. The molecule has 0 radical (unpaired) electrons. The number of carbonyl (C=O) groups is 1. The van der Waals surface area contributed by atoms with E-state index in [9.17, 15) is 26.4 Å². The van der Waals surface area contributed by atoms with Crippen LogP contribution in [0.5, 0.6) is 0 Å². The van der Waals surface area contributed by atoms with Gasteiger partial charge in [0.15, 0.2) is 0 Å². The van der Waals surface area contributed by atoms with E-state index in [0.29, 0.717) is 25.7 Å². The predicted octanol–water partition coefficient (Wildman–Crippen LogP) is 1.20. The number of unbranched alkanes of at least 4 members (excludes halogenated alkanes) is 3. The van der Waals surface area contributed by atoms with Crippen molar-refractivity contribution in [3.05, 3.63) is 0 Å². The van der Waals surface area contributed by atoms with Crippen molar-refractivity contribution in [1.29, 1.82) is 0 Å². The van der Waals surface area contributed by atoms with Gasteiger partial charge in [0.2, 0.25) is 0 Å². The van der Waals surface area contributed by atoms with Crippen molar-refractivity contribution in [2.75, 3.05) is 19.4 Å². The zero-order chi connectivity index (χ0) is 14.2. The molecule has 1 N–H and O–H groups in total. The lowest BCUT2D eigenvalue weighted by Crippen LogP contribution is -2.37. The summed E-state index contributed by atoms with van der Waals surface area (Å²) >= 11 is 0. The van der Waals surface area contributed by atoms with Gasteiger partial charge < -0.3 is 5.32 Å². The molecule has 0 bridgehead atoms. The van der Waals surface area contributed by atoms with E-state index in [-0.39, 0.29) is 13.2 Å². The quantitative estimate of drug-likeness (QED) is 0.539. The summed E-state index contributed by atoms with van der Waals surface area (Å²) in [7, 11) is -3.43. The first kappa shape index (κ1) is 17.2. The number of nitrogens with one attached hydrogen (secondary N) is 1. The second-order valence-corrected chi connectivity index (χ2v) is 5.34. The molecule has 1 amide bonds. The van der Waals surface area contributed by atoms with Crippen LogP contribution in [0.4, 0.5) is 13.2 Å². The highest BCUT2D eigenvalue weighted by molar-refractivity contribution is 7.85. The Bertz CT molecular complexity index is 353. The summed E-state index contributed by atoms with van der Waals surface area (Å²) in [5, 5.41) is 1.75. The van der Waals surface area contributed by atoms with Crippen molar-refractivity contribution < 1.29 is 30.6 Å². The first-order valence-electron chi connectivity index (χ1n) is 5.32. The molecule has 0 aliphatic rings. The molecule has 0 fully saturated rings. The van der Waals surface area contributed by atoms with Gasteiger partial charge in [-0.05, 0) is 12.8 Å². The molecule has 0 aromatic rings. The maximum Gasteiger partial charge on any atom is 0.471 e. The predicted molar refractivity (Wildman–Crippen MR) is 58.3 cm³/mol. The summed E-state index contributed by atoms with van der Waals surface area (Å²) < 4.78 is 60.8. The van der Waals surface area contributed by atoms with Crippen LogP contribution >= 0.6 is 0 Å². The normalized spacial score (nSPS) is 12.4. The first-order chi connectivity index (χ1) is 8.13. The van der Waals surface area contributed by atoms with Gasteiger partial charge >= 0.3 is 12.1 Å². The standard InChI is InChI=1S/C9H16F3NO4S/c1-18(15,16)17-7-5-3-2-4-6-13-8(14)9(10,11)12/h2-7H2,1H3,(H,13,14). The molecule has 0 heterocycles. The minimum Gasteiger partial charge on any atom is -0.348 e. The summed E-state index contributed by atoms with van der Waals surface area (Å²) in [6, 6.07) is 0. The van der Waals surface area contributed by atoms with E-state index >= 15 is 0 Å². The fraction of sp³-hybridized carbons (Fsp3) is 0.889. The molecule has 0 aromatic carbocycles. The van der Waals surface area contributed by atoms with Crippen LogP contribution in [0.1, 0.15) is 25.7 Å². The highest BCUT2D eigenvalue weighted by Gasteiger charge is 2.38. The van der Waals surface area contributed by atoms with Crippen LogP contribution in [-0.4, -0.2) is 39.9 Å². The van der Waals surface area contributed by atoms with Crippen LogP contribution in [0.3, 0.4) is 0 Å². The topological polar surface area (TPSA) is 72.5 Å². The molecular formula is C9H16F3NO4S. The smallest absolute Gasteiger partial charge is 0.348 e. The Balaban J connectivity index is 3.40. The zero-order valence-electron chi connectivity index (χ0n) is 9.92. The van der Waals surface area contributed by atoms with Crippen LogP contribution in [-0.2, 0) is 19.1 Å². The highest BCUT2D eigenvalue weighted by atomic mass is 32.2. The number of hydrogen-bond acceptors (Lipinski definition) is 4. The summed E-state index contributed by atoms with van der Waals surface area (Å²) in [6.45, 7) is 0.0129. The lowest BCUT2D eigenvalue weighted by molar-refractivity contribution is -0.173. The molecule has 18 heavy (non-hydrogen) atoms. The third kappa shape index (κ3) is 10.3. The molecule has 0 rings (SSSR count). The molecule has 0 aliphatic heterocycles. The van der Waals surface area contributed by atoms with Crippen molar-refractivity contribution in [1.82, 2.24) is 5.32 Å². The van der Waals surface area contributed by atoms with Gasteiger partial charge in [-0.2, -0.15) is 21.6 Å². The first-order valence-corrected chi connectivity index (χ1v) is 7.14. The SMILES string of the molecule is CS(=O)(=O)OCCCCCCNC(=O)C(F)(F)F. The van der Waals surface area contributed by atoms with Gasteiger partial charge in [-0.25, -0.2) is 0 Å². The zero-order valence-corrected chi connectivity index (χ0v) is 10.7. The Hall–Kier alpha value is -0.830. The van der Waals surface area contributed by atoms with Crippen LogP contribution in [0.25, 0.3) is 0 Å². The Kier molecular flexibility index (Phi) is 7.22. The van der Waals surface area contributed by atoms with Crippen LogP contribution in [0, 0.1) is 0 Å². The molecule has 0 saturated heterocycles. The summed E-state index contributed by atoms with van der Waals surface area (Å²) in [6.07, 6.45) is -1.79. The molecule has 108 valence electrons. The molecule has 5 nitrogen and oxygen atoms in total. The number of hydrogen-bond donors (Lipinski definition) is 1. The number of amides is 1. The average molecular weight is 291 g/mol. The van der Waals surface area contributed by atoms with E-state index in [1.165, 1.54) is 0 Å². The number of halogens is 3. The summed E-state index contributed by atoms with van der Waals surface area (Å²) in [4.78, 5) is 10.4. The van der Waals surface area contributed by atoms with Gasteiger partial charge in [-0.3, -0.25) is 8.98 Å². The molecule has 9 heteroatoms. The third-order valence-electron chi connectivity index (χ3n) is 1.91. The van der Waals surface area contributed by atoms with E-state index < -0.39 is 22.2 Å². The van der Waals surface area contributed by atoms with Crippen molar-refractivity contribution in [2.45, 2.75) is 31.9 Å². The van der Waals surface area contributed by atoms with E-state index in [0.717, 1.165) is 6.26 Å². The highest BCUT2D eigenvalue weighted by Crippen LogP contribution is 2.14. The van der Waals surface area contributed by atoms with Crippen LogP contribution in [0.2, 0.25) is 0 Å². The van der Waals surface area contributed by atoms with Gasteiger partial charge in [0.25, 0.3) is 10.1 Å². The Morgan fingerprint density at radius 1 is 1.17 bits per heavy atom. The molecule has 0 spiro atoms. The maximum atomic E-state index is 11.8. The van der Waals surface area contributed by atoms with Gasteiger partial charge in [-0.1, -0.05) is 12.8 Å². The largest absolute Gasteiger partial charge is 0.471 e. The second-order valence-electron chi connectivity index (χ2n) is 3.69. The minimum absolute atomic E-state index is 0.0503. The van der Waals surface area contributed by atoms with E-state index in [1.54, 1.807) is 5.32 Å². The summed E-state index contributed by atoms with van der Waals surface area (Å²) in [5.74, 6) is -1.94. The van der Waals surface area contributed by atoms with Crippen molar-refractivity contribution in [3.8, 4) is 0 Å². The van der Waals surface area contributed by atoms with Gasteiger partial charge in [0.1, 0.15) is 0 Å². The number of carbonyl (C=O) groups excluding carboxylic acids is 1. The molecular weight excluding hydrogens is 275 g/mol. The second kappa shape index (κ2) is 7.57. The fourth-order valence-corrected chi connectivity index (χ4v) is 1.51. The van der Waals surface area contributed by atoms with Crippen LogP contribution in [0.15, 0.2) is 0 Å². The van der Waals surface area contributed by atoms with Gasteiger partial charge in [0, 0.05) is 6.54 Å². The van der Waals surface area contributed by atoms with Gasteiger partial charge in [-0.15, -0.1) is 0 Å². The van der Waals surface area contributed by atoms with E-state index in [1.807, 2.05) is 0 Å². The summed E-state index contributed by atoms with van der Waals surface area (Å²) in [5.41, 5.74) is 0.